The van der Waals surface area contributed by atoms with E-state index in [0.29, 0.717) is 18.3 Å². The maximum absolute atomic E-state index is 6.17. The highest BCUT2D eigenvalue weighted by Gasteiger charge is 2.33. The van der Waals surface area contributed by atoms with Gasteiger partial charge in [0.15, 0.2) is 0 Å². The number of nitrogens with two attached hydrogens (primary N) is 1. The molecule has 21 heavy (non-hydrogen) atoms. The van der Waals surface area contributed by atoms with E-state index in [2.05, 4.69) is 44.8 Å². The molecule has 0 aliphatic carbocycles. The number of aromatic nitrogens is 2. The molecule has 0 bridgehead atoms. The maximum Gasteiger partial charge on any atom is 0.241 e. The van der Waals surface area contributed by atoms with Crippen LogP contribution in [-0.4, -0.2) is 34.2 Å². The second-order valence-electron chi connectivity index (χ2n) is 6.24. The Morgan fingerprint density at radius 1 is 1.57 bits per heavy atom. The van der Waals surface area contributed by atoms with Crippen molar-refractivity contribution < 1.29 is 4.52 Å². The molecule has 1 aliphatic rings. The fraction of sp³-hybridized carbons (Fsp3) is 0.571. The van der Waals surface area contributed by atoms with Crippen LogP contribution >= 0.6 is 27.3 Å². The molecule has 5 nitrogen and oxygen atoms in total. The molecule has 1 aliphatic heterocycles. The van der Waals surface area contributed by atoms with Crippen LogP contribution in [0.15, 0.2) is 20.4 Å². The molecule has 3 rings (SSSR count). The number of thiophene rings is 1. The molecule has 2 N–H and O–H groups in total. The molecular formula is C14H19BrN4OS. The largest absolute Gasteiger partial charge is 0.338 e. The second kappa shape index (κ2) is 5.79. The lowest BCUT2D eigenvalue weighted by Crippen LogP contribution is -2.52. The summed E-state index contributed by atoms with van der Waals surface area (Å²) in [6, 6.07) is 2.26. The normalized spacial score (nSPS) is 22.6. The van der Waals surface area contributed by atoms with Gasteiger partial charge in [0.25, 0.3) is 0 Å². The lowest BCUT2D eigenvalue weighted by atomic mass is 9.80. The van der Waals surface area contributed by atoms with Crippen LogP contribution in [0.5, 0.6) is 0 Å². The monoisotopic (exact) mass is 370 g/mol. The summed E-state index contributed by atoms with van der Waals surface area (Å²) < 4.78 is 6.43. The Hall–Kier alpha value is -0.760. The van der Waals surface area contributed by atoms with Crippen molar-refractivity contribution in [1.29, 1.82) is 0 Å². The first kappa shape index (κ1) is 15.1. The van der Waals surface area contributed by atoms with Gasteiger partial charge in [0, 0.05) is 29.0 Å². The number of hydrogen-bond acceptors (Lipinski definition) is 6. The van der Waals surface area contributed by atoms with E-state index in [1.807, 2.05) is 11.4 Å². The van der Waals surface area contributed by atoms with Gasteiger partial charge in [-0.2, -0.15) is 4.98 Å². The highest BCUT2D eigenvalue weighted by atomic mass is 79.9. The first-order chi connectivity index (χ1) is 9.94. The number of rotatable bonds is 3. The summed E-state index contributed by atoms with van der Waals surface area (Å²) in [7, 11) is 0. The van der Waals surface area contributed by atoms with Gasteiger partial charge in [0.05, 0.1) is 11.4 Å². The predicted octanol–water partition coefficient (Wildman–Crippen LogP) is 3.12. The zero-order valence-electron chi connectivity index (χ0n) is 12.2. The van der Waals surface area contributed by atoms with E-state index in [1.165, 1.54) is 0 Å². The predicted molar refractivity (Wildman–Crippen MR) is 87.0 cm³/mol. The van der Waals surface area contributed by atoms with Gasteiger partial charge in [-0.1, -0.05) is 19.0 Å². The molecule has 0 spiro atoms. The van der Waals surface area contributed by atoms with E-state index < -0.39 is 0 Å². The van der Waals surface area contributed by atoms with E-state index in [-0.39, 0.29) is 11.5 Å². The smallest absolute Gasteiger partial charge is 0.241 e. The van der Waals surface area contributed by atoms with Crippen LogP contribution in [-0.2, 0) is 6.54 Å². The highest BCUT2D eigenvalue weighted by Crippen LogP contribution is 2.30. The summed E-state index contributed by atoms with van der Waals surface area (Å²) in [5.41, 5.74) is 6.29. The first-order valence-corrected chi connectivity index (χ1v) is 8.66. The molecule has 0 aromatic carbocycles. The summed E-state index contributed by atoms with van der Waals surface area (Å²) in [4.78, 5) is 7.84. The number of piperidine rings is 1. The maximum atomic E-state index is 6.17. The third-order valence-electron chi connectivity index (χ3n) is 4.01. The second-order valence-corrected chi connectivity index (χ2v) is 8.06. The average molecular weight is 371 g/mol. The van der Waals surface area contributed by atoms with Crippen molar-refractivity contribution in [3.05, 3.63) is 21.8 Å². The lowest BCUT2D eigenvalue weighted by molar-refractivity contribution is 0.0811. The van der Waals surface area contributed by atoms with E-state index in [9.17, 15) is 0 Å². The minimum Gasteiger partial charge on any atom is -0.338 e. The number of hydrogen-bond donors (Lipinski definition) is 1. The van der Waals surface area contributed by atoms with Crippen molar-refractivity contribution in [2.45, 2.75) is 32.9 Å². The standard InChI is InChI=1S/C14H19BrN4OS/c1-14(2)8-19(4-3-11(14)16)6-12-17-13(18-20-12)10-5-9(15)7-21-10/h5,7,11H,3-4,6,8,16H2,1-2H3. The molecule has 2 aromatic heterocycles. The minimum atomic E-state index is 0.125. The van der Waals surface area contributed by atoms with Crippen molar-refractivity contribution in [3.63, 3.8) is 0 Å². The molecule has 114 valence electrons. The average Bonchev–Trinajstić information content (AvgIpc) is 3.02. The van der Waals surface area contributed by atoms with Crippen LogP contribution in [0.25, 0.3) is 10.7 Å². The molecule has 1 fully saturated rings. The number of likely N-dealkylation sites (tertiary alicyclic amines) is 1. The van der Waals surface area contributed by atoms with Gasteiger partial charge in [-0.15, -0.1) is 11.3 Å². The molecule has 2 aromatic rings. The van der Waals surface area contributed by atoms with Crippen LogP contribution in [0.3, 0.4) is 0 Å². The van der Waals surface area contributed by atoms with Gasteiger partial charge in [0.1, 0.15) is 0 Å². The van der Waals surface area contributed by atoms with Crippen molar-refractivity contribution >= 4 is 27.3 Å². The van der Waals surface area contributed by atoms with Gasteiger partial charge in [-0.05, 0) is 33.8 Å². The van der Waals surface area contributed by atoms with Crippen molar-refractivity contribution in [2.24, 2.45) is 11.1 Å². The molecule has 1 saturated heterocycles. The summed E-state index contributed by atoms with van der Waals surface area (Å²) in [6.45, 7) is 7.05. The Labute approximate surface area is 136 Å². The quantitative estimate of drug-likeness (QED) is 0.898. The van der Waals surface area contributed by atoms with Crippen molar-refractivity contribution in [1.82, 2.24) is 15.0 Å². The summed E-state index contributed by atoms with van der Waals surface area (Å²) in [5, 5.41) is 6.08. The van der Waals surface area contributed by atoms with Crippen LogP contribution in [0.4, 0.5) is 0 Å². The van der Waals surface area contributed by atoms with Gasteiger partial charge >= 0.3 is 0 Å². The summed E-state index contributed by atoms with van der Waals surface area (Å²) in [6.07, 6.45) is 1.01. The fourth-order valence-electron chi connectivity index (χ4n) is 2.66. The summed E-state index contributed by atoms with van der Waals surface area (Å²) in [5.74, 6) is 1.33. The number of nitrogens with zero attached hydrogens (tertiary/aromatic N) is 3. The topological polar surface area (TPSA) is 68.2 Å². The lowest BCUT2D eigenvalue weighted by Gasteiger charge is -2.42. The third kappa shape index (κ3) is 3.36. The molecular weight excluding hydrogens is 352 g/mol. The van der Waals surface area contributed by atoms with Crippen LogP contribution in [0.1, 0.15) is 26.2 Å². The Kier molecular flexibility index (Phi) is 4.18. The van der Waals surface area contributed by atoms with Crippen molar-refractivity contribution in [2.75, 3.05) is 13.1 Å². The van der Waals surface area contributed by atoms with E-state index in [1.54, 1.807) is 11.3 Å². The van der Waals surface area contributed by atoms with Gasteiger partial charge in [0.2, 0.25) is 11.7 Å². The Bertz CT molecular complexity index is 624. The van der Waals surface area contributed by atoms with Gasteiger partial charge in [-0.3, -0.25) is 4.90 Å². The Balaban J connectivity index is 1.68. The fourth-order valence-corrected chi connectivity index (χ4v) is 4.01. The third-order valence-corrected chi connectivity index (χ3v) is 5.69. The number of halogens is 1. The highest BCUT2D eigenvalue weighted by molar-refractivity contribution is 9.10. The minimum absolute atomic E-state index is 0.125. The molecule has 3 heterocycles. The Morgan fingerprint density at radius 3 is 3.05 bits per heavy atom. The van der Waals surface area contributed by atoms with Crippen LogP contribution in [0, 0.1) is 5.41 Å². The van der Waals surface area contributed by atoms with E-state index in [4.69, 9.17) is 10.3 Å². The molecule has 0 saturated carbocycles. The van der Waals surface area contributed by atoms with E-state index in [0.717, 1.165) is 28.9 Å². The van der Waals surface area contributed by atoms with Crippen LogP contribution < -0.4 is 5.73 Å². The van der Waals surface area contributed by atoms with Gasteiger partial charge < -0.3 is 10.3 Å². The molecule has 0 amide bonds. The molecule has 1 atom stereocenters. The van der Waals surface area contributed by atoms with E-state index >= 15 is 0 Å². The first-order valence-electron chi connectivity index (χ1n) is 6.99. The molecule has 1 unspecified atom stereocenters. The molecule has 0 radical (unpaired) electrons. The van der Waals surface area contributed by atoms with Gasteiger partial charge in [-0.25, -0.2) is 0 Å². The van der Waals surface area contributed by atoms with Crippen molar-refractivity contribution in [3.8, 4) is 10.7 Å². The SMILES string of the molecule is CC1(C)CN(Cc2nc(-c3cc(Br)cs3)no2)CCC1N. The zero-order valence-corrected chi connectivity index (χ0v) is 14.6. The summed E-state index contributed by atoms with van der Waals surface area (Å²) >= 11 is 5.04. The zero-order chi connectivity index (χ0) is 15.0. The van der Waals surface area contributed by atoms with Crippen LogP contribution in [0.2, 0.25) is 0 Å². The Morgan fingerprint density at radius 2 is 2.38 bits per heavy atom. The molecule has 7 heteroatoms.